The number of hydrogen-bond donors (Lipinski definition) is 0. The predicted octanol–water partition coefficient (Wildman–Crippen LogP) is 3.03. The van der Waals surface area contributed by atoms with Crippen molar-refractivity contribution >= 4 is 17.2 Å². The second-order valence-corrected chi connectivity index (χ2v) is 4.45. The van der Waals surface area contributed by atoms with Crippen LogP contribution in [-0.4, -0.2) is 17.8 Å². The van der Waals surface area contributed by atoms with E-state index in [0.29, 0.717) is 23.6 Å². The zero-order chi connectivity index (χ0) is 14.7. The van der Waals surface area contributed by atoms with Crippen molar-refractivity contribution in [3.8, 4) is 0 Å². The van der Waals surface area contributed by atoms with Crippen LogP contribution in [0.5, 0.6) is 0 Å². The lowest BCUT2D eigenvalue weighted by Gasteiger charge is -2.18. The van der Waals surface area contributed by atoms with Crippen molar-refractivity contribution in [2.75, 3.05) is 11.9 Å². The molecule has 104 valence electrons. The first-order valence-electron chi connectivity index (χ1n) is 6.02. The van der Waals surface area contributed by atoms with Gasteiger partial charge in [0.25, 0.3) is 5.69 Å². The van der Waals surface area contributed by atoms with E-state index in [1.807, 2.05) is 0 Å². The van der Waals surface area contributed by atoms with Gasteiger partial charge in [0.2, 0.25) is 0 Å². The monoisotopic (exact) mass is 274 g/mol. The number of nitrogens with zero attached hydrogens (tertiary/aromatic N) is 2. The highest BCUT2D eigenvalue weighted by Crippen LogP contribution is 2.29. The summed E-state index contributed by atoms with van der Waals surface area (Å²) in [4.78, 5) is 23.7. The third kappa shape index (κ3) is 2.85. The topological polar surface area (TPSA) is 76.6 Å². The van der Waals surface area contributed by atoms with Crippen LogP contribution in [0.25, 0.3) is 0 Å². The molecule has 6 heteroatoms. The average Bonchev–Trinajstić information content (AvgIpc) is 2.90. The Morgan fingerprint density at radius 3 is 2.70 bits per heavy atom. The zero-order valence-electron chi connectivity index (χ0n) is 11.2. The highest BCUT2D eigenvalue weighted by Gasteiger charge is 2.19. The molecule has 2 rings (SSSR count). The zero-order valence-corrected chi connectivity index (χ0v) is 11.2. The Morgan fingerprint density at radius 1 is 1.40 bits per heavy atom. The van der Waals surface area contributed by atoms with Gasteiger partial charge in [-0.05, 0) is 31.2 Å². The number of nitro groups is 1. The third-order valence-electron chi connectivity index (χ3n) is 2.96. The lowest BCUT2D eigenvalue weighted by Crippen LogP contribution is -2.17. The Balaban J connectivity index is 2.35. The maximum Gasteiger partial charge on any atom is 0.293 e. The normalized spacial score (nSPS) is 10.3. The fourth-order valence-electron chi connectivity index (χ4n) is 1.93. The highest BCUT2D eigenvalue weighted by atomic mass is 16.6. The van der Waals surface area contributed by atoms with Crippen molar-refractivity contribution in [1.82, 2.24) is 0 Å². The molecule has 0 spiro atoms. The summed E-state index contributed by atoms with van der Waals surface area (Å²) >= 11 is 0. The summed E-state index contributed by atoms with van der Waals surface area (Å²) in [7, 11) is 1.73. The fraction of sp³-hybridized carbons (Fsp3) is 0.214. The van der Waals surface area contributed by atoms with E-state index in [4.69, 9.17) is 4.42 Å². The summed E-state index contributed by atoms with van der Waals surface area (Å²) in [6.45, 7) is 1.79. The molecule has 2 aromatic rings. The van der Waals surface area contributed by atoms with Crippen LogP contribution < -0.4 is 4.90 Å². The summed E-state index contributed by atoms with van der Waals surface area (Å²) in [5.41, 5.74) is 0.676. The average molecular weight is 274 g/mol. The summed E-state index contributed by atoms with van der Waals surface area (Å²) in [5, 5.41) is 11.1. The Labute approximate surface area is 115 Å². The molecule has 0 bridgehead atoms. The molecule has 0 aliphatic carbocycles. The number of anilines is 1. The van der Waals surface area contributed by atoms with E-state index in [1.54, 1.807) is 42.5 Å². The molecule has 0 fully saturated rings. The van der Waals surface area contributed by atoms with Crippen molar-refractivity contribution in [2.24, 2.45) is 0 Å². The number of ketones is 1. The van der Waals surface area contributed by atoms with Crippen LogP contribution in [0.1, 0.15) is 23.0 Å². The molecular weight excluding hydrogens is 260 g/mol. The van der Waals surface area contributed by atoms with E-state index < -0.39 is 4.92 Å². The van der Waals surface area contributed by atoms with Gasteiger partial charge < -0.3 is 9.32 Å². The Kier molecular flexibility index (Phi) is 3.84. The van der Waals surface area contributed by atoms with Gasteiger partial charge in [0, 0.05) is 18.7 Å². The first-order valence-corrected chi connectivity index (χ1v) is 6.02. The van der Waals surface area contributed by atoms with E-state index in [-0.39, 0.29) is 11.5 Å². The molecule has 0 radical (unpaired) electrons. The second kappa shape index (κ2) is 5.56. The largest absolute Gasteiger partial charge is 0.467 e. The van der Waals surface area contributed by atoms with Gasteiger partial charge in [0.05, 0.1) is 17.7 Å². The van der Waals surface area contributed by atoms with E-state index in [2.05, 4.69) is 0 Å². The molecule has 0 atom stereocenters. The molecule has 0 unspecified atom stereocenters. The molecule has 20 heavy (non-hydrogen) atoms. The maximum atomic E-state index is 11.3. The quantitative estimate of drug-likeness (QED) is 0.476. The number of Topliss-reactive ketones (excluding diaryl/α,β-unsaturated/α-hetero) is 1. The van der Waals surface area contributed by atoms with Gasteiger partial charge in [0.1, 0.15) is 11.4 Å². The summed E-state index contributed by atoms with van der Waals surface area (Å²) < 4.78 is 5.22. The van der Waals surface area contributed by atoms with Crippen molar-refractivity contribution in [3.63, 3.8) is 0 Å². The minimum Gasteiger partial charge on any atom is -0.467 e. The smallest absolute Gasteiger partial charge is 0.293 e. The van der Waals surface area contributed by atoms with Crippen LogP contribution in [0.2, 0.25) is 0 Å². The molecule has 0 N–H and O–H groups in total. The number of hydrogen-bond acceptors (Lipinski definition) is 5. The minimum atomic E-state index is -0.486. The van der Waals surface area contributed by atoms with Gasteiger partial charge >= 0.3 is 0 Å². The molecule has 1 aromatic heterocycles. The summed E-state index contributed by atoms with van der Waals surface area (Å²) in [6, 6.07) is 8.03. The van der Waals surface area contributed by atoms with Crippen LogP contribution in [0.15, 0.2) is 41.0 Å². The minimum absolute atomic E-state index is 0.0910. The third-order valence-corrected chi connectivity index (χ3v) is 2.96. The van der Waals surface area contributed by atoms with Crippen LogP contribution in [0.4, 0.5) is 11.4 Å². The van der Waals surface area contributed by atoms with Gasteiger partial charge in [-0.2, -0.15) is 0 Å². The highest BCUT2D eigenvalue weighted by molar-refractivity contribution is 5.95. The summed E-state index contributed by atoms with van der Waals surface area (Å²) in [6.07, 6.45) is 1.55. The van der Waals surface area contributed by atoms with Crippen molar-refractivity contribution in [1.29, 1.82) is 0 Å². The van der Waals surface area contributed by atoms with Crippen molar-refractivity contribution in [2.45, 2.75) is 13.5 Å². The second-order valence-electron chi connectivity index (χ2n) is 4.45. The van der Waals surface area contributed by atoms with E-state index in [9.17, 15) is 14.9 Å². The van der Waals surface area contributed by atoms with Gasteiger partial charge in [-0.1, -0.05) is 0 Å². The number of carbonyl (C=O) groups excluding carboxylic acids is 1. The molecule has 0 saturated heterocycles. The number of benzene rings is 1. The predicted molar refractivity (Wildman–Crippen MR) is 73.9 cm³/mol. The molecule has 1 aromatic carbocycles. The number of nitro benzene ring substituents is 1. The Bertz CT molecular complexity index is 635. The van der Waals surface area contributed by atoms with Crippen LogP contribution >= 0.6 is 0 Å². The van der Waals surface area contributed by atoms with Crippen molar-refractivity contribution < 1.29 is 14.1 Å². The molecule has 6 nitrogen and oxygen atoms in total. The van der Waals surface area contributed by atoms with Crippen molar-refractivity contribution in [3.05, 3.63) is 58.0 Å². The van der Waals surface area contributed by atoms with Gasteiger partial charge in [-0.15, -0.1) is 0 Å². The Hall–Kier alpha value is -2.63. The molecule has 1 heterocycles. The Morgan fingerprint density at radius 2 is 2.15 bits per heavy atom. The van der Waals surface area contributed by atoms with Crippen LogP contribution in [0.3, 0.4) is 0 Å². The first kappa shape index (κ1) is 13.8. The lowest BCUT2D eigenvalue weighted by molar-refractivity contribution is -0.384. The molecule has 0 amide bonds. The molecule has 0 saturated carbocycles. The van der Waals surface area contributed by atoms with Gasteiger partial charge in [0.15, 0.2) is 5.78 Å². The first-order chi connectivity index (χ1) is 9.49. The fourth-order valence-corrected chi connectivity index (χ4v) is 1.93. The number of rotatable bonds is 5. The maximum absolute atomic E-state index is 11.3. The van der Waals surface area contributed by atoms with E-state index in [1.165, 1.54) is 13.0 Å². The standard InChI is InChI=1S/C14H14N2O4/c1-10(17)11-5-6-13(14(8-11)16(18)19)15(2)9-12-4-3-7-20-12/h3-8H,9H2,1-2H3. The molecule has 0 aliphatic rings. The lowest BCUT2D eigenvalue weighted by atomic mass is 10.1. The van der Waals surface area contributed by atoms with Gasteiger partial charge in [-0.3, -0.25) is 14.9 Å². The van der Waals surface area contributed by atoms with E-state index >= 15 is 0 Å². The van der Waals surface area contributed by atoms with Gasteiger partial charge in [-0.25, -0.2) is 0 Å². The molecular formula is C14H14N2O4. The number of carbonyl (C=O) groups is 1. The van der Waals surface area contributed by atoms with Crippen LogP contribution in [0, 0.1) is 10.1 Å². The SMILES string of the molecule is CC(=O)c1ccc(N(C)Cc2ccco2)c([N+](=O)[O-])c1. The van der Waals surface area contributed by atoms with Crippen LogP contribution in [-0.2, 0) is 6.54 Å². The summed E-state index contributed by atoms with van der Waals surface area (Å²) in [5.74, 6) is 0.505. The number of furan rings is 1. The molecule has 0 aliphatic heterocycles. The van der Waals surface area contributed by atoms with E-state index in [0.717, 1.165) is 0 Å².